The molecule has 0 unspecified atom stereocenters. The molecule has 1 spiro atoms. The van der Waals surface area contributed by atoms with E-state index in [0.717, 1.165) is 11.5 Å². The molecule has 3 heterocycles. The predicted octanol–water partition coefficient (Wildman–Crippen LogP) is 5.10. The molecule has 46 heavy (non-hydrogen) atoms. The van der Waals surface area contributed by atoms with Gasteiger partial charge in [-0.25, -0.2) is 0 Å². The number of aromatic nitrogens is 1. The fourth-order valence-electron chi connectivity index (χ4n) is 8.21. The summed E-state index contributed by atoms with van der Waals surface area (Å²) in [5.41, 5.74) is 3.67. The first-order chi connectivity index (χ1) is 22.8. The summed E-state index contributed by atoms with van der Waals surface area (Å²) in [6.45, 7) is 0. The van der Waals surface area contributed by atoms with Gasteiger partial charge in [0.1, 0.15) is 11.5 Å². The highest BCUT2D eigenvalue weighted by atomic mass is 28.3. The predicted molar refractivity (Wildman–Crippen MR) is 196 cm³/mol. The summed E-state index contributed by atoms with van der Waals surface area (Å²) in [6, 6.07) is 63.2. The first-order valence-electron chi connectivity index (χ1n) is 15.9. The van der Waals surface area contributed by atoms with Crippen LogP contribution in [-0.4, -0.2) is 21.4 Å². The molecule has 1 radical (unpaired) electrons. The molecule has 0 atom stereocenters. The van der Waals surface area contributed by atoms with E-state index in [0.29, 0.717) is 0 Å². The van der Waals surface area contributed by atoms with E-state index in [1.54, 1.807) is 0 Å². The normalized spacial score (nSPS) is 14.3. The lowest BCUT2D eigenvalue weighted by molar-refractivity contribution is 0.487. The molecule has 0 fully saturated rings. The molecule has 8 aromatic rings. The Hall–Kier alpha value is -5.43. The number of hydrogen-bond acceptors (Lipinski definition) is 1. The molecule has 10 rings (SSSR count). The Morgan fingerprint density at radius 3 is 1.63 bits per heavy atom. The molecule has 2 nitrogen and oxygen atoms in total. The number of hydrogen-bond donors (Lipinski definition) is 0. The molecule has 1 aromatic heterocycles. The molecular weight excluding hydrogens is 591 g/mol. The van der Waals surface area contributed by atoms with E-state index >= 15 is 0 Å². The highest BCUT2D eigenvalue weighted by Gasteiger charge is 2.53. The molecule has 4 heteroatoms. The highest BCUT2D eigenvalue weighted by molar-refractivity contribution is 7.27. The number of rotatable bonds is 2. The van der Waals surface area contributed by atoms with Crippen molar-refractivity contribution in [3.05, 3.63) is 170 Å². The Kier molecular flexibility index (Phi) is 5.50. The van der Waals surface area contributed by atoms with Gasteiger partial charge in [-0.3, -0.25) is 0 Å². The summed E-state index contributed by atoms with van der Waals surface area (Å²) in [7, 11) is -4.12. The van der Waals surface area contributed by atoms with Crippen LogP contribution in [0.1, 0.15) is 0 Å². The van der Waals surface area contributed by atoms with E-state index in [4.69, 9.17) is 4.74 Å². The standard InChI is InChI=1S/C42H28NOSi2/c1-2-14-30(15-3-1)45-37-22-10-13-25-41(37)46(39-23-11-8-20-35(39)44-36-21-9-12-24-40(36)46)42-28-29(26-27-38(42)45)43-33-18-6-4-16-31(33)32-17-5-7-19-34(32)43/h1-28H. The van der Waals surface area contributed by atoms with Crippen LogP contribution in [0.25, 0.3) is 27.5 Å². The van der Waals surface area contributed by atoms with Crippen molar-refractivity contribution in [3.63, 3.8) is 0 Å². The van der Waals surface area contributed by atoms with Crippen LogP contribution in [0.3, 0.4) is 0 Å². The molecule has 0 N–H and O–H groups in total. The molecule has 0 amide bonds. The van der Waals surface area contributed by atoms with Gasteiger partial charge in [0.15, 0.2) is 16.9 Å². The smallest absolute Gasteiger partial charge is 0.188 e. The number of para-hydroxylation sites is 4. The Morgan fingerprint density at radius 2 is 0.957 bits per heavy atom. The molecule has 2 aliphatic heterocycles. The van der Waals surface area contributed by atoms with Crippen molar-refractivity contribution in [3.8, 4) is 17.2 Å². The minimum atomic E-state index is -2.82. The topological polar surface area (TPSA) is 14.2 Å². The Balaban J connectivity index is 1.38. The van der Waals surface area contributed by atoms with Crippen LogP contribution < -0.4 is 41.0 Å². The molecule has 0 saturated heterocycles. The SMILES string of the molecule is c1ccc([Si]2c3ccccc3[Si]3(c4ccccc4Oc4ccccc43)c3cc(-n4c5ccccc5c5ccccc54)ccc32)cc1. The Labute approximate surface area is 270 Å². The third-order valence-electron chi connectivity index (χ3n) is 9.98. The van der Waals surface area contributed by atoms with Crippen molar-refractivity contribution in [1.29, 1.82) is 0 Å². The second-order valence-electron chi connectivity index (χ2n) is 12.2. The van der Waals surface area contributed by atoms with Crippen LogP contribution in [0.2, 0.25) is 0 Å². The van der Waals surface area contributed by atoms with E-state index in [2.05, 4.69) is 174 Å². The minimum Gasteiger partial charge on any atom is -0.458 e. The van der Waals surface area contributed by atoms with E-state index in [1.807, 2.05) is 0 Å². The van der Waals surface area contributed by atoms with Crippen molar-refractivity contribution in [2.45, 2.75) is 0 Å². The summed E-state index contributed by atoms with van der Waals surface area (Å²) < 4.78 is 9.17. The molecule has 2 aliphatic rings. The second-order valence-corrected chi connectivity index (χ2v) is 18.3. The summed E-state index contributed by atoms with van der Waals surface area (Å²) in [5, 5.41) is 12.6. The van der Waals surface area contributed by atoms with Crippen LogP contribution in [0.5, 0.6) is 11.5 Å². The number of fused-ring (bicyclic) bond motifs is 11. The molecule has 7 aromatic carbocycles. The van der Waals surface area contributed by atoms with E-state index < -0.39 is 16.9 Å². The molecule has 0 aliphatic carbocycles. The lowest BCUT2D eigenvalue weighted by atomic mass is 10.2. The summed E-state index contributed by atoms with van der Waals surface area (Å²) in [6.07, 6.45) is 0. The zero-order valence-corrected chi connectivity index (χ0v) is 27.0. The van der Waals surface area contributed by atoms with Crippen molar-refractivity contribution >= 4 is 75.0 Å². The molecule has 215 valence electrons. The van der Waals surface area contributed by atoms with E-state index in [1.165, 1.54) is 63.8 Å². The van der Waals surface area contributed by atoms with Crippen LogP contribution in [0, 0.1) is 0 Å². The fraction of sp³-hybridized carbons (Fsp3) is 0. The minimum absolute atomic E-state index is 0.978. The zero-order chi connectivity index (χ0) is 30.2. The van der Waals surface area contributed by atoms with Crippen molar-refractivity contribution < 1.29 is 4.74 Å². The maximum absolute atomic E-state index is 6.70. The van der Waals surface area contributed by atoms with E-state index in [9.17, 15) is 0 Å². The first kappa shape index (κ1) is 25.9. The monoisotopic (exact) mass is 618 g/mol. The van der Waals surface area contributed by atoms with Gasteiger partial charge in [0.2, 0.25) is 0 Å². The maximum atomic E-state index is 6.70. The average Bonchev–Trinajstić information content (AvgIpc) is 3.46. The Bertz CT molecular complexity index is 2380. The van der Waals surface area contributed by atoms with Crippen molar-refractivity contribution in [2.75, 3.05) is 0 Å². The quantitative estimate of drug-likeness (QED) is 0.246. The largest absolute Gasteiger partial charge is 0.458 e. The van der Waals surface area contributed by atoms with Gasteiger partial charge in [0, 0.05) is 16.5 Å². The Morgan fingerprint density at radius 1 is 0.435 bits per heavy atom. The van der Waals surface area contributed by atoms with Gasteiger partial charge < -0.3 is 9.30 Å². The summed E-state index contributed by atoms with van der Waals surface area (Å²) in [5.74, 6) is 1.96. The zero-order valence-electron chi connectivity index (χ0n) is 25.0. The van der Waals surface area contributed by atoms with Crippen molar-refractivity contribution in [1.82, 2.24) is 4.57 Å². The van der Waals surface area contributed by atoms with Crippen LogP contribution in [0.4, 0.5) is 0 Å². The van der Waals surface area contributed by atoms with Gasteiger partial charge in [0.05, 0.1) is 11.0 Å². The highest BCUT2D eigenvalue weighted by Crippen LogP contribution is 2.33. The van der Waals surface area contributed by atoms with Gasteiger partial charge in [-0.2, -0.15) is 0 Å². The van der Waals surface area contributed by atoms with Crippen molar-refractivity contribution in [2.24, 2.45) is 0 Å². The van der Waals surface area contributed by atoms with Gasteiger partial charge in [-0.05, 0) is 57.1 Å². The fourth-order valence-corrected chi connectivity index (χ4v) is 17.9. The van der Waals surface area contributed by atoms with Gasteiger partial charge >= 0.3 is 0 Å². The average molecular weight is 619 g/mol. The number of nitrogens with zero attached hydrogens (tertiary/aromatic N) is 1. The van der Waals surface area contributed by atoms with Crippen LogP contribution in [0.15, 0.2) is 170 Å². The summed E-state index contributed by atoms with van der Waals surface area (Å²) in [4.78, 5) is 0. The summed E-state index contributed by atoms with van der Waals surface area (Å²) >= 11 is 0. The second kappa shape index (κ2) is 9.79. The van der Waals surface area contributed by atoms with Gasteiger partial charge in [-0.15, -0.1) is 0 Å². The maximum Gasteiger partial charge on any atom is 0.188 e. The lowest BCUT2D eigenvalue weighted by Gasteiger charge is -2.45. The van der Waals surface area contributed by atoms with Crippen LogP contribution >= 0.6 is 0 Å². The molecular formula is C42H28NOSi2. The third-order valence-corrected chi connectivity index (χ3v) is 18.2. The third kappa shape index (κ3) is 3.40. The van der Waals surface area contributed by atoms with Crippen LogP contribution in [-0.2, 0) is 0 Å². The van der Waals surface area contributed by atoms with E-state index in [-0.39, 0.29) is 0 Å². The number of ether oxygens (including phenoxy) is 1. The molecule has 0 saturated carbocycles. The molecule has 0 bridgehead atoms. The lowest BCUT2D eigenvalue weighted by Crippen LogP contribution is -2.87. The van der Waals surface area contributed by atoms with Gasteiger partial charge in [0.25, 0.3) is 0 Å². The number of benzene rings is 7. The van der Waals surface area contributed by atoms with Gasteiger partial charge in [-0.1, -0.05) is 149 Å². The first-order valence-corrected chi connectivity index (χ1v) is 19.4.